The van der Waals surface area contributed by atoms with Crippen molar-refractivity contribution in [3.8, 4) is 0 Å². The van der Waals surface area contributed by atoms with Crippen LogP contribution in [0, 0.1) is 0 Å². The molecule has 0 aliphatic heterocycles. The number of benzene rings is 1. The van der Waals surface area contributed by atoms with Gasteiger partial charge >= 0.3 is 14.8 Å². The summed E-state index contributed by atoms with van der Waals surface area (Å²) in [4.78, 5) is 11.9. The summed E-state index contributed by atoms with van der Waals surface area (Å²) in [5.74, 6) is -0.420. The molecule has 0 radical (unpaired) electrons. The van der Waals surface area contributed by atoms with Gasteiger partial charge in [-0.15, -0.1) is 0 Å². The van der Waals surface area contributed by atoms with Crippen LogP contribution in [0.3, 0.4) is 0 Å². The number of carbonyl (C=O) groups excluding carboxylic acids is 1. The van der Waals surface area contributed by atoms with Crippen molar-refractivity contribution in [3.63, 3.8) is 0 Å². The molecule has 0 amide bonds. The first-order valence-corrected chi connectivity index (χ1v) is 8.47. The summed E-state index contributed by atoms with van der Waals surface area (Å²) in [7, 11) is -1.74. The number of carbonyl (C=O) groups is 1. The summed E-state index contributed by atoms with van der Waals surface area (Å²) in [6.45, 7) is 6.97. The summed E-state index contributed by atoms with van der Waals surface area (Å²) < 4.78 is 22.3. The second kappa shape index (κ2) is 8.16. The van der Waals surface area contributed by atoms with Crippen molar-refractivity contribution in [2.24, 2.45) is 0 Å². The highest BCUT2D eigenvalue weighted by Crippen LogP contribution is 2.14. The van der Waals surface area contributed by atoms with Crippen molar-refractivity contribution in [3.05, 3.63) is 29.8 Å². The largest absolute Gasteiger partial charge is 0.538 e. The van der Waals surface area contributed by atoms with Gasteiger partial charge in [0.1, 0.15) is 0 Å². The summed E-state index contributed by atoms with van der Waals surface area (Å²) in [6, 6.07) is 7.11. The van der Waals surface area contributed by atoms with Crippen molar-refractivity contribution < 1.29 is 22.8 Å². The summed E-state index contributed by atoms with van der Waals surface area (Å²) in [6.07, 6.45) is 0. The van der Waals surface area contributed by atoms with Crippen LogP contribution in [0.1, 0.15) is 31.1 Å². The zero-order chi connectivity index (χ0) is 15.0. The van der Waals surface area contributed by atoms with Crippen LogP contribution in [0.2, 0.25) is 0 Å². The lowest BCUT2D eigenvalue weighted by molar-refractivity contribution is 0.0593. The van der Waals surface area contributed by atoms with Crippen molar-refractivity contribution >= 4 is 20.0 Å². The smallest absolute Gasteiger partial charge is 0.465 e. The Hall–Kier alpha value is -1.21. The zero-order valence-electron chi connectivity index (χ0n) is 12.5. The molecule has 0 heterocycles. The van der Waals surface area contributed by atoms with E-state index in [1.54, 1.807) is 18.2 Å². The fraction of sp³-hybridized carbons (Fsp3) is 0.500. The molecule has 0 aliphatic carbocycles. The first-order chi connectivity index (χ1) is 9.65. The Morgan fingerprint density at radius 3 is 1.95 bits per heavy atom. The number of hydrogen-bond donors (Lipinski definition) is 0. The van der Waals surface area contributed by atoms with Gasteiger partial charge in [-0.1, -0.05) is 18.2 Å². The number of rotatable bonds is 8. The molecule has 5 nitrogen and oxygen atoms in total. The molecular formula is C14H22O5Si. The van der Waals surface area contributed by atoms with Crippen molar-refractivity contribution in [2.75, 3.05) is 26.9 Å². The van der Waals surface area contributed by atoms with E-state index in [2.05, 4.69) is 0 Å². The molecule has 0 saturated heterocycles. The zero-order valence-corrected chi connectivity index (χ0v) is 13.5. The second-order valence-electron chi connectivity index (χ2n) is 3.89. The van der Waals surface area contributed by atoms with E-state index in [0.717, 1.165) is 0 Å². The van der Waals surface area contributed by atoms with Gasteiger partial charge in [-0.2, -0.15) is 0 Å². The van der Waals surface area contributed by atoms with Gasteiger partial charge < -0.3 is 18.0 Å². The van der Waals surface area contributed by atoms with E-state index in [1.165, 1.54) is 7.11 Å². The summed E-state index contributed by atoms with van der Waals surface area (Å²) in [5, 5.41) is 0.650. The highest BCUT2D eigenvalue weighted by Gasteiger charge is 2.46. The maximum absolute atomic E-state index is 11.9. The molecule has 1 rings (SSSR count). The quantitative estimate of drug-likeness (QED) is 0.540. The fourth-order valence-electron chi connectivity index (χ4n) is 1.97. The maximum atomic E-state index is 11.9. The van der Waals surface area contributed by atoms with E-state index in [9.17, 15) is 4.79 Å². The Balaban J connectivity index is 3.35. The topological polar surface area (TPSA) is 54.0 Å². The molecule has 0 unspecified atom stereocenters. The lowest BCUT2D eigenvalue weighted by atomic mass is 10.2. The highest BCUT2D eigenvalue weighted by atomic mass is 28.4. The Labute approximate surface area is 121 Å². The third kappa shape index (κ3) is 3.66. The molecule has 1 aromatic carbocycles. The molecule has 20 heavy (non-hydrogen) atoms. The van der Waals surface area contributed by atoms with Crippen LogP contribution in [0.4, 0.5) is 0 Å². The normalized spacial score (nSPS) is 11.4. The minimum atomic E-state index is -3.10. The Morgan fingerprint density at radius 2 is 1.50 bits per heavy atom. The molecule has 0 bridgehead atoms. The molecule has 0 fully saturated rings. The number of hydrogen-bond acceptors (Lipinski definition) is 5. The average molecular weight is 298 g/mol. The van der Waals surface area contributed by atoms with Gasteiger partial charge in [0, 0.05) is 25.0 Å². The van der Waals surface area contributed by atoms with Crippen molar-refractivity contribution in [2.45, 2.75) is 20.8 Å². The number of esters is 1. The van der Waals surface area contributed by atoms with Crippen LogP contribution in [0.5, 0.6) is 0 Å². The van der Waals surface area contributed by atoms with E-state index in [0.29, 0.717) is 30.6 Å². The standard InChI is InChI=1S/C14H22O5Si/c1-5-17-20(18-6-2,19-7-3)13-11-9-8-10-12(13)14(15)16-4/h8-11H,5-7H2,1-4H3. The minimum Gasteiger partial charge on any atom is -0.465 e. The Kier molecular flexibility index (Phi) is 6.87. The molecule has 0 saturated carbocycles. The van der Waals surface area contributed by atoms with Gasteiger partial charge in [-0.05, 0) is 26.8 Å². The van der Waals surface area contributed by atoms with Crippen LogP contribution in [-0.2, 0) is 18.0 Å². The molecule has 0 atom stereocenters. The SMILES string of the molecule is CCO[Si](OCC)(OCC)c1ccccc1C(=O)OC. The molecule has 0 aliphatic rings. The maximum Gasteiger partial charge on any atom is 0.538 e. The van der Waals surface area contributed by atoms with Gasteiger partial charge in [0.05, 0.1) is 12.7 Å². The highest BCUT2D eigenvalue weighted by molar-refractivity contribution is 6.76. The molecule has 112 valence electrons. The van der Waals surface area contributed by atoms with Crippen LogP contribution >= 0.6 is 0 Å². The third-order valence-corrected chi connectivity index (χ3v) is 5.77. The van der Waals surface area contributed by atoms with Gasteiger partial charge in [-0.25, -0.2) is 4.79 Å². The first-order valence-electron chi connectivity index (χ1n) is 6.74. The van der Waals surface area contributed by atoms with E-state index in [4.69, 9.17) is 18.0 Å². The molecule has 0 N–H and O–H groups in total. The Bertz CT molecular complexity index is 418. The lowest BCUT2D eigenvalue weighted by Gasteiger charge is -2.29. The van der Waals surface area contributed by atoms with Gasteiger partial charge in [0.2, 0.25) is 0 Å². The molecule has 6 heteroatoms. The van der Waals surface area contributed by atoms with E-state index in [1.807, 2.05) is 26.8 Å². The molecular weight excluding hydrogens is 276 g/mol. The summed E-state index contributed by atoms with van der Waals surface area (Å²) in [5.41, 5.74) is 0.428. The first kappa shape index (κ1) is 16.8. The predicted octanol–water partition coefficient (Wildman–Crippen LogP) is 1.73. The van der Waals surface area contributed by atoms with Gasteiger partial charge in [0.25, 0.3) is 0 Å². The monoisotopic (exact) mass is 298 g/mol. The van der Waals surface area contributed by atoms with Crippen molar-refractivity contribution in [1.29, 1.82) is 0 Å². The molecule has 0 aromatic heterocycles. The Morgan fingerprint density at radius 1 is 1.00 bits per heavy atom. The van der Waals surface area contributed by atoms with Crippen molar-refractivity contribution in [1.82, 2.24) is 0 Å². The lowest BCUT2D eigenvalue weighted by Crippen LogP contribution is -2.58. The van der Waals surface area contributed by atoms with Gasteiger partial charge in [-0.3, -0.25) is 0 Å². The predicted molar refractivity (Wildman–Crippen MR) is 78.0 cm³/mol. The van der Waals surface area contributed by atoms with Crippen LogP contribution in [-0.4, -0.2) is 41.7 Å². The van der Waals surface area contributed by atoms with Gasteiger partial charge in [0.15, 0.2) is 0 Å². The molecule has 0 spiro atoms. The fourth-order valence-corrected chi connectivity index (χ4v) is 4.64. The van der Waals surface area contributed by atoms with E-state index < -0.39 is 14.8 Å². The van der Waals surface area contributed by atoms with Crippen LogP contribution in [0.25, 0.3) is 0 Å². The van der Waals surface area contributed by atoms with E-state index in [-0.39, 0.29) is 0 Å². The van der Waals surface area contributed by atoms with Crippen LogP contribution < -0.4 is 5.19 Å². The third-order valence-electron chi connectivity index (χ3n) is 2.67. The summed E-state index contributed by atoms with van der Waals surface area (Å²) >= 11 is 0. The minimum absolute atomic E-state index is 0.420. The van der Waals surface area contributed by atoms with E-state index >= 15 is 0 Å². The second-order valence-corrected chi connectivity index (χ2v) is 6.41. The van der Waals surface area contributed by atoms with Crippen LogP contribution in [0.15, 0.2) is 24.3 Å². The molecule has 1 aromatic rings. The number of methoxy groups -OCH3 is 1. The number of ether oxygens (including phenoxy) is 1. The average Bonchev–Trinajstić information content (AvgIpc) is 2.47.